The lowest BCUT2D eigenvalue weighted by molar-refractivity contribution is -0.115. The van der Waals surface area contributed by atoms with Gasteiger partial charge in [0.05, 0.1) is 12.2 Å². The molecule has 2 N–H and O–H groups in total. The second-order valence-corrected chi connectivity index (χ2v) is 5.21. The molecular weight excluding hydrogens is 288 g/mol. The third kappa shape index (κ3) is 4.16. The van der Waals surface area contributed by atoms with Crippen molar-refractivity contribution in [1.29, 1.82) is 0 Å². The number of thiazole rings is 1. The number of carboxylic acids is 1. The molecule has 21 heavy (non-hydrogen) atoms. The molecule has 0 bridgehead atoms. The van der Waals surface area contributed by atoms with E-state index in [4.69, 9.17) is 5.11 Å². The molecule has 1 heterocycles. The van der Waals surface area contributed by atoms with Crippen LogP contribution in [-0.2, 0) is 11.3 Å². The van der Waals surface area contributed by atoms with Crippen LogP contribution in [0.2, 0.25) is 0 Å². The van der Waals surface area contributed by atoms with Gasteiger partial charge in [-0.25, -0.2) is 9.78 Å². The predicted molar refractivity (Wildman–Crippen MR) is 79.0 cm³/mol. The fraction of sp³-hybridized carbons (Fsp3) is 0.133. The molecule has 1 amide bonds. The molecule has 2 aromatic rings. The van der Waals surface area contributed by atoms with Crippen LogP contribution in [0.15, 0.2) is 30.3 Å². The lowest BCUT2D eigenvalue weighted by atomic mass is 10.2. The maximum Gasteiger partial charge on any atom is 0.347 e. The van der Waals surface area contributed by atoms with E-state index in [9.17, 15) is 9.59 Å². The summed E-state index contributed by atoms with van der Waals surface area (Å²) in [6, 6.07) is 9.17. The summed E-state index contributed by atoms with van der Waals surface area (Å²) in [6.07, 6.45) is 0. The number of aromatic nitrogens is 1. The second-order valence-electron chi connectivity index (χ2n) is 4.13. The van der Waals surface area contributed by atoms with Gasteiger partial charge in [0.25, 0.3) is 5.91 Å². The number of carboxylic acid groups (broad SMARTS) is 1. The van der Waals surface area contributed by atoms with Gasteiger partial charge in [0.2, 0.25) is 0 Å². The van der Waals surface area contributed by atoms with E-state index in [0.29, 0.717) is 10.7 Å². The maximum absolute atomic E-state index is 11.6. The van der Waals surface area contributed by atoms with E-state index in [-0.39, 0.29) is 11.4 Å². The third-order valence-electron chi connectivity index (χ3n) is 2.53. The number of aromatic carboxylic acids is 1. The molecule has 1 aromatic heterocycles. The van der Waals surface area contributed by atoms with Crippen LogP contribution in [-0.4, -0.2) is 22.0 Å². The van der Waals surface area contributed by atoms with Crippen LogP contribution in [0.5, 0.6) is 0 Å². The summed E-state index contributed by atoms with van der Waals surface area (Å²) in [5.41, 5.74) is 1.21. The van der Waals surface area contributed by atoms with Crippen LogP contribution >= 0.6 is 11.3 Å². The lowest BCUT2D eigenvalue weighted by Crippen LogP contribution is -2.20. The first-order valence-corrected chi connectivity index (χ1v) is 6.92. The molecule has 0 saturated heterocycles. The molecule has 0 aliphatic heterocycles. The van der Waals surface area contributed by atoms with Gasteiger partial charge in [0, 0.05) is 11.5 Å². The van der Waals surface area contributed by atoms with Crippen molar-refractivity contribution in [2.45, 2.75) is 13.5 Å². The summed E-state index contributed by atoms with van der Waals surface area (Å²) in [6.45, 7) is 1.79. The Kier molecular flexibility index (Phi) is 4.69. The molecule has 0 aliphatic rings. The Hall–Kier alpha value is -2.65. The summed E-state index contributed by atoms with van der Waals surface area (Å²) >= 11 is 1.05. The summed E-state index contributed by atoms with van der Waals surface area (Å²) < 4.78 is 0. The number of nitrogens with zero attached hydrogens (tertiary/aromatic N) is 1. The van der Waals surface area contributed by atoms with Crippen molar-refractivity contribution in [3.8, 4) is 11.8 Å². The number of benzene rings is 1. The number of nitrogens with one attached hydrogen (secondary N) is 1. The molecule has 0 fully saturated rings. The number of carbonyl (C=O) groups excluding carboxylic acids is 1. The van der Waals surface area contributed by atoms with Gasteiger partial charge < -0.3 is 10.4 Å². The molecular formula is C15H12N2O3S. The first-order valence-electron chi connectivity index (χ1n) is 6.11. The van der Waals surface area contributed by atoms with Crippen molar-refractivity contribution in [3.63, 3.8) is 0 Å². The third-order valence-corrected chi connectivity index (χ3v) is 3.67. The van der Waals surface area contributed by atoms with Crippen LogP contribution in [0.25, 0.3) is 0 Å². The van der Waals surface area contributed by atoms with Crippen LogP contribution in [0.3, 0.4) is 0 Å². The standard InChI is InChI=1S/C15H12N2O3S/c1-10-14(15(19)20)21-13(17-10)9-16-12(18)8-7-11-5-3-2-4-6-11/h2-6H,9H2,1H3,(H,16,18)(H,19,20). The average Bonchev–Trinajstić information content (AvgIpc) is 2.85. The van der Waals surface area contributed by atoms with E-state index in [1.807, 2.05) is 30.3 Å². The van der Waals surface area contributed by atoms with Crippen molar-refractivity contribution in [1.82, 2.24) is 10.3 Å². The van der Waals surface area contributed by atoms with Crippen LogP contribution in [0, 0.1) is 18.8 Å². The SMILES string of the molecule is Cc1nc(CNC(=O)C#Cc2ccccc2)sc1C(=O)O. The maximum atomic E-state index is 11.6. The smallest absolute Gasteiger partial charge is 0.347 e. The first-order chi connectivity index (χ1) is 10.1. The van der Waals surface area contributed by atoms with Crippen LogP contribution < -0.4 is 5.32 Å². The Labute approximate surface area is 125 Å². The zero-order chi connectivity index (χ0) is 15.2. The first kappa shape index (κ1) is 14.8. The fourth-order valence-corrected chi connectivity index (χ4v) is 2.42. The van der Waals surface area contributed by atoms with Gasteiger partial charge in [-0.15, -0.1) is 11.3 Å². The van der Waals surface area contributed by atoms with E-state index in [2.05, 4.69) is 22.1 Å². The zero-order valence-corrected chi connectivity index (χ0v) is 12.0. The monoisotopic (exact) mass is 300 g/mol. The molecule has 0 aliphatic carbocycles. The topological polar surface area (TPSA) is 79.3 Å². The highest BCUT2D eigenvalue weighted by atomic mass is 32.1. The summed E-state index contributed by atoms with van der Waals surface area (Å²) in [4.78, 5) is 26.8. The molecule has 0 unspecified atom stereocenters. The van der Waals surface area contributed by atoms with Crippen molar-refractivity contribution < 1.29 is 14.7 Å². The second kappa shape index (κ2) is 6.68. The lowest BCUT2D eigenvalue weighted by Gasteiger charge is -1.95. The number of amides is 1. The molecule has 6 heteroatoms. The van der Waals surface area contributed by atoms with Crippen molar-refractivity contribution >= 4 is 23.2 Å². The van der Waals surface area contributed by atoms with Gasteiger partial charge in [0.1, 0.15) is 9.88 Å². The Morgan fingerprint density at radius 3 is 2.67 bits per heavy atom. The molecule has 1 aromatic carbocycles. The molecule has 5 nitrogen and oxygen atoms in total. The molecule has 106 valence electrons. The summed E-state index contributed by atoms with van der Waals surface area (Å²) in [5.74, 6) is 3.78. The van der Waals surface area contributed by atoms with E-state index in [1.54, 1.807) is 6.92 Å². The van der Waals surface area contributed by atoms with Crippen molar-refractivity contribution in [3.05, 3.63) is 51.5 Å². The Morgan fingerprint density at radius 1 is 1.33 bits per heavy atom. The minimum absolute atomic E-state index is 0.168. The molecule has 2 rings (SSSR count). The van der Waals surface area contributed by atoms with Crippen molar-refractivity contribution in [2.24, 2.45) is 0 Å². The Bertz CT molecular complexity index is 726. The number of hydrogen-bond acceptors (Lipinski definition) is 4. The molecule has 0 radical (unpaired) electrons. The predicted octanol–water partition coefficient (Wildman–Crippen LogP) is 1.82. The highest BCUT2D eigenvalue weighted by Crippen LogP contribution is 2.17. The van der Waals surface area contributed by atoms with Gasteiger partial charge in [-0.3, -0.25) is 4.79 Å². The largest absolute Gasteiger partial charge is 0.477 e. The number of hydrogen-bond donors (Lipinski definition) is 2. The minimum atomic E-state index is -1.01. The summed E-state index contributed by atoms with van der Waals surface area (Å²) in [5, 5.41) is 12.1. The number of aryl methyl sites for hydroxylation is 1. The molecule has 0 spiro atoms. The Morgan fingerprint density at radius 2 is 2.05 bits per heavy atom. The van der Waals surface area contributed by atoms with E-state index >= 15 is 0 Å². The number of rotatable bonds is 3. The van der Waals surface area contributed by atoms with Gasteiger partial charge in [-0.05, 0) is 19.1 Å². The van der Waals surface area contributed by atoms with E-state index in [0.717, 1.165) is 16.9 Å². The fourth-order valence-electron chi connectivity index (χ4n) is 1.58. The average molecular weight is 300 g/mol. The van der Waals surface area contributed by atoms with Gasteiger partial charge >= 0.3 is 5.97 Å². The quantitative estimate of drug-likeness (QED) is 0.847. The van der Waals surface area contributed by atoms with Gasteiger partial charge in [-0.1, -0.05) is 24.1 Å². The number of carbonyl (C=O) groups is 2. The van der Waals surface area contributed by atoms with E-state index < -0.39 is 11.9 Å². The Balaban J connectivity index is 1.94. The highest BCUT2D eigenvalue weighted by Gasteiger charge is 2.13. The molecule has 0 atom stereocenters. The summed E-state index contributed by atoms with van der Waals surface area (Å²) in [7, 11) is 0. The van der Waals surface area contributed by atoms with E-state index in [1.165, 1.54) is 0 Å². The van der Waals surface area contributed by atoms with Gasteiger partial charge in [-0.2, -0.15) is 0 Å². The zero-order valence-electron chi connectivity index (χ0n) is 11.2. The van der Waals surface area contributed by atoms with Crippen molar-refractivity contribution in [2.75, 3.05) is 0 Å². The van der Waals surface area contributed by atoms with Crippen LogP contribution in [0.4, 0.5) is 0 Å². The van der Waals surface area contributed by atoms with Crippen LogP contribution in [0.1, 0.15) is 25.9 Å². The highest BCUT2D eigenvalue weighted by molar-refractivity contribution is 7.13. The normalized spacial score (nSPS) is 9.57. The molecule has 0 saturated carbocycles. The van der Waals surface area contributed by atoms with Gasteiger partial charge in [0.15, 0.2) is 0 Å². The minimum Gasteiger partial charge on any atom is -0.477 e.